The summed E-state index contributed by atoms with van der Waals surface area (Å²) in [6.07, 6.45) is -0.737. The third-order valence-electron chi connectivity index (χ3n) is 4.27. The number of likely N-dealkylation sites (N-methyl/N-ethyl adjacent to an activating group) is 1. The fourth-order valence-electron chi connectivity index (χ4n) is 2.80. The van der Waals surface area contributed by atoms with Crippen molar-refractivity contribution >= 4 is 11.8 Å². The van der Waals surface area contributed by atoms with Crippen molar-refractivity contribution in [3.05, 3.63) is 35.9 Å². The lowest BCUT2D eigenvalue weighted by atomic mass is 10.00. The maximum Gasteiger partial charge on any atom is 0.232 e. The summed E-state index contributed by atoms with van der Waals surface area (Å²) in [6, 6.07) is 9.97. The minimum atomic E-state index is -0.737. The second-order valence-electron chi connectivity index (χ2n) is 6.20. The maximum atomic E-state index is 12.0. The Bertz CT molecular complexity index is 512. The molecule has 1 saturated heterocycles. The Morgan fingerprint density at radius 3 is 2.23 bits per heavy atom. The molecule has 0 bridgehead atoms. The Morgan fingerprint density at radius 2 is 1.68 bits per heavy atom. The standard InChI is InChI=1S/C17H24N2O3/c1-12-13(2)17(22)19(16(12)21)11-15(20)10-18(3)9-14-7-5-4-6-8-14/h4-8,12-13,15,20H,9-11H2,1-3H3/t12-,13-,15+/m0/s1. The third-order valence-corrected chi connectivity index (χ3v) is 4.27. The SMILES string of the molecule is C[C@@H]1C(=O)N(C[C@H](O)CN(C)Cc2ccccc2)C(=O)[C@H]1C. The summed E-state index contributed by atoms with van der Waals surface area (Å²) >= 11 is 0. The molecule has 120 valence electrons. The van der Waals surface area contributed by atoms with Gasteiger partial charge in [-0.25, -0.2) is 0 Å². The van der Waals surface area contributed by atoms with Gasteiger partial charge in [0.25, 0.3) is 0 Å². The van der Waals surface area contributed by atoms with Crippen molar-refractivity contribution in [2.24, 2.45) is 11.8 Å². The fraction of sp³-hybridized carbons (Fsp3) is 0.529. The maximum absolute atomic E-state index is 12.0. The van der Waals surface area contributed by atoms with E-state index in [2.05, 4.69) is 0 Å². The molecule has 5 heteroatoms. The van der Waals surface area contributed by atoms with Crippen molar-refractivity contribution in [3.8, 4) is 0 Å². The molecule has 5 nitrogen and oxygen atoms in total. The van der Waals surface area contributed by atoms with E-state index in [4.69, 9.17) is 0 Å². The number of hydrogen-bond acceptors (Lipinski definition) is 4. The predicted octanol–water partition coefficient (Wildman–Crippen LogP) is 1.12. The number of carbonyl (C=O) groups is 2. The second-order valence-corrected chi connectivity index (χ2v) is 6.20. The molecule has 1 N–H and O–H groups in total. The summed E-state index contributed by atoms with van der Waals surface area (Å²) in [4.78, 5) is 27.2. The highest BCUT2D eigenvalue weighted by molar-refractivity contribution is 6.04. The van der Waals surface area contributed by atoms with Crippen molar-refractivity contribution < 1.29 is 14.7 Å². The van der Waals surface area contributed by atoms with Gasteiger partial charge < -0.3 is 5.11 Å². The number of β-amino-alcohol motifs (C(OH)–C–C–N with tert-alkyl or cyclic N) is 1. The number of nitrogens with zero attached hydrogens (tertiary/aromatic N) is 2. The fourth-order valence-corrected chi connectivity index (χ4v) is 2.80. The number of amides is 2. The van der Waals surface area contributed by atoms with E-state index in [1.807, 2.05) is 42.3 Å². The minimum Gasteiger partial charge on any atom is -0.390 e. The van der Waals surface area contributed by atoms with Crippen molar-refractivity contribution in [2.75, 3.05) is 20.1 Å². The quantitative estimate of drug-likeness (QED) is 0.800. The van der Waals surface area contributed by atoms with E-state index in [0.29, 0.717) is 13.1 Å². The van der Waals surface area contributed by atoms with Gasteiger partial charge in [-0.05, 0) is 12.6 Å². The van der Waals surface area contributed by atoms with Gasteiger partial charge in [-0.3, -0.25) is 19.4 Å². The molecule has 0 aromatic heterocycles. The molecule has 1 aliphatic rings. The molecule has 1 aromatic carbocycles. The summed E-state index contributed by atoms with van der Waals surface area (Å²) in [5, 5.41) is 10.2. The topological polar surface area (TPSA) is 60.9 Å². The van der Waals surface area contributed by atoms with Gasteiger partial charge in [-0.15, -0.1) is 0 Å². The van der Waals surface area contributed by atoms with Crippen LogP contribution in [0, 0.1) is 11.8 Å². The van der Waals surface area contributed by atoms with Gasteiger partial charge in [-0.2, -0.15) is 0 Å². The molecule has 1 fully saturated rings. The number of aliphatic hydroxyl groups excluding tert-OH is 1. The van der Waals surface area contributed by atoms with E-state index in [-0.39, 0.29) is 30.2 Å². The molecule has 22 heavy (non-hydrogen) atoms. The zero-order valence-corrected chi connectivity index (χ0v) is 13.4. The molecule has 2 rings (SSSR count). The van der Waals surface area contributed by atoms with E-state index in [1.165, 1.54) is 4.90 Å². The molecular weight excluding hydrogens is 280 g/mol. The lowest BCUT2D eigenvalue weighted by molar-refractivity contribution is -0.141. The highest BCUT2D eigenvalue weighted by atomic mass is 16.3. The van der Waals surface area contributed by atoms with Crippen LogP contribution in [-0.4, -0.2) is 53.0 Å². The smallest absolute Gasteiger partial charge is 0.232 e. The highest BCUT2D eigenvalue weighted by Crippen LogP contribution is 2.25. The van der Waals surface area contributed by atoms with Crippen LogP contribution in [0.15, 0.2) is 30.3 Å². The van der Waals surface area contributed by atoms with Crippen LogP contribution < -0.4 is 0 Å². The Kier molecular flexibility index (Phi) is 5.32. The summed E-state index contributed by atoms with van der Waals surface area (Å²) in [6.45, 7) is 4.73. The average molecular weight is 304 g/mol. The van der Waals surface area contributed by atoms with Crippen LogP contribution in [0.2, 0.25) is 0 Å². The van der Waals surface area contributed by atoms with Crippen molar-refractivity contribution in [1.29, 1.82) is 0 Å². The van der Waals surface area contributed by atoms with E-state index in [1.54, 1.807) is 13.8 Å². The molecule has 0 radical (unpaired) electrons. The van der Waals surface area contributed by atoms with Crippen LogP contribution in [0.25, 0.3) is 0 Å². The second kappa shape index (κ2) is 7.03. The third kappa shape index (κ3) is 3.72. The predicted molar refractivity (Wildman–Crippen MR) is 83.8 cm³/mol. The molecule has 2 amide bonds. The molecule has 3 atom stereocenters. The van der Waals surface area contributed by atoms with Gasteiger partial charge in [0.05, 0.1) is 12.6 Å². The largest absolute Gasteiger partial charge is 0.390 e. The average Bonchev–Trinajstić information content (AvgIpc) is 2.66. The van der Waals surface area contributed by atoms with E-state index in [9.17, 15) is 14.7 Å². The van der Waals surface area contributed by atoms with Crippen molar-refractivity contribution in [1.82, 2.24) is 9.80 Å². The summed E-state index contributed by atoms with van der Waals surface area (Å²) in [7, 11) is 1.91. The van der Waals surface area contributed by atoms with Gasteiger partial charge >= 0.3 is 0 Å². The van der Waals surface area contributed by atoms with Crippen molar-refractivity contribution in [2.45, 2.75) is 26.5 Å². The first-order valence-electron chi connectivity index (χ1n) is 7.66. The Morgan fingerprint density at radius 1 is 1.14 bits per heavy atom. The molecule has 0 spiro atoms. The Labute approximate surface area is 131 Å². The highest BCUT2D eigenvalue weighted by Gasteiger charge is 2.42. The minimum absolute atomic E-state index is 0.0749. The van der Waals surface area contributed by atoms with Crippen LogP contribution >= 0.6 is 0 Å². The van der Waals surface area contributed by atoms with Crippen LogP contribution in [0.3, 0.4) is 0 Å². The number of likely N-dealkylation sites (tertiary alicyclic amines) is 1. The molecule has 1 heterocycles. The molecule has 1 aromatic rings. The molecule has 1 aliphatic heterocycles. The Hall–Kier alpha value is -1.72. The van der Waals surface area contributed by atoms with Crippen LogP contribution in [0.1, 0.15) is 19.4 Å². The van der Waals surface area contributed by atoms with Gasteiger partial charge in [-0.1, -0.05) is 44.2 Å². The monoisotopic (exact) mass is 304 g/mol. The first-order valence-corrected chi connectivity index (χ1v) is 7.66. The van der Waals surface area contributed by atoms with Crippen LogP contribution in [0.5, 0.6) is 0 Å². The van der Waals surface area contributed by atoms with Crippen molar-refractivity contribution in [3.63, 3.8) is 0 Å². The summed E-state index contributed by atoms with van der Waals surface area (Å²) < 4.78 is 0. The molecule has 0 unspecified atom stereocenters. The Balaban J connectivity index is 1.86. The van der Waals surface area contributed by atoms with Gasteiger partial charge in [0, 0.05) is 24.9 Å². The number of benzene rings is 1. The lowest BCUT2D eigenvalue weighted by Gasteiger charge is -2.24. The first kappa shape index (κ1) is 16.6. The normalized spacial score (nSPS) is 23.4. The first-order chi connectivity index (χ1) is 10.4. The number of hydrogen-bond donors (Lipinski definition) is 1. The molecule has 0 saturated carbocycles. The summed E-state index contributed by atoms with van der Waals surface area (Å²) in [5.41, 5.74) is 1.16. The van der Waals surface area contributed by atoms with E-state index >= 15 is 0 Å². The number of rotatable bonds is 6. The lowest BCUT2D eigenvalue weighted by Crippen LogP contribution is -2.42. The van der Waals surface area contributed by atoms with E-state index < -0.39 is 6.10 Å². The van der Waals surface area contributed by atoms with Gasteiger partial charge in [0.2, 0.25) is 11.8 Å². The van der Waals surface area contributed by atoms with E-state index in [0.717, 1.165) is 5.56 Å². The number of imide groups is 1. The zero-order chi connectivity index (χ0) is 16.3. The van der Waals surface area contributed by atoms with Gasteiger partial charge in [0.1, 0.15) is 0 Å². The van der Waals surface area contributed by atoms with Gasteiger partial charge in [0.15, 0.2) is 0 Å². The van der Waals surface area contributed by atoms with Crippen LogP contribution in [0.4, 0.5) is 0 Å². The molecule has 0 aliphatic carbocycles. The number of carbonyl (C=O) groups excluding carboxylic acids is 2. The zero-order valence-electron chi connectivity index (χ0n) is 13.4. The number of aliphatic hydroxyl groups is 1. The molecular formula is C17H24N2O3. The van der Waals surface area contributed by atoms with Crippen LogP contribution in [-0.2, 0) is 16.1 Å². The summed E-state index contributed by atoms with van der Waals surface area (Å²) in [5.74, 6) is -0.937.